The average Bonchev–Trinajstić information content (AvgIpc) is 3.26. The van der Waals surface area contributed by atoms with E-state index in [0.717, 1.165) is 0 Å². The van der Waals surface area contributed by atoms with Gasteiger partial charge in [-0.05, 0) is 40.2 Å². The quantitative estimate of drug-likeness (QED) is 0.372. The summed E-state index contributed by atoms with van der Waals surface area (Å²) in [4.78, 5) is 52.5. The lowest BCUT2D eigenvalue weighted by Crippen LogP contribution is -2.33. The van der Waals surface area contributed by atoms with Crippen molar-refractivity contribution in [1.82, 2.24) is 19.4 Å². The lowest BCUT2D eigenvalue weighted by Gasteiger charge is -2.19. The highest BCUT2D eigenvalue weighted by atomic mass is 16.6. The van der Waals surface area contributed by atoms with Gasteiger partial charge >= 0.3 is 12.1 Å². The molecule has 2 aromatic rings. The van der Waals surface area contributed by atoms with Gasteiger partial charge in [-0.3, -0.25) is 9.59 Å². The second-order valence-electron chi connectivity index (χ2n) is 8.54. The first-order valence-electron chi connectivity index (χ1n) is 10.8. The fourth-order valence-corrected chi connectivity index (χ4v) is 2.93. The van der Waals surface area contributed by atoms with Crippen LogP contribution >= 0.6 is 0 Å². The molecule has 0 fully saturated rings. The summed E-state index contributed by atoms with van der Waals surface area (Å²) in [5, 5.41) is 7.95. The van der Waals surface area contributed by atoms with Crippen molar-refractivity contribution >= 4 is 35.4 Å². The third-order valence-electron chi connectivity index (χ3n) is 4.35. The van der Waals surface area contributed by atoms with Crippen molar-refractivity contribution in [2.24, 2.45) is 14.1 Å². The third kappa shape index (κ3) is 7.94. The van der Waals surface area contributed by atoms with Gasteiger partial charge in [-0.15, -0.1) is 0 Å². The molecule has 2 rings (SSSR count). The van der Waals surface area contributed by atoms with E-state index in [1.807, 2.05) is 0 Å². The zero-order valence-electron chi connectivity index (χ0n) is 20.4. The predicted molar refractivity (Wildman–Crippen MR) is 125 cm³/mol. The van der Waals surface area contributed by atoms with Gasteiger partial charge in [-0.1, -0.05) is 0 Å². The Kier molecular flexibility index (Phi) is 8.82. The molecule has 3 amide bonds. The second-order valence-corrected chi connectivity index (χ2v) is 8.54. The number of nitrogens with one attached hydrogen (secondary N) is 3. The van der Waals surface area contributed by atoms with E-state index >= 15 is 0 Å². The number of aromatic nitrogens is 3. The molecule has 0 aliphatic heterocycles. The average molecular weight is 477 g/mol. The lowest BCUT2D eigenvalue weighted by atomic mass is 10.2. The zero-order valence-corrected chi connectivity index (χ0v) is 20.4. The molecule has 186 valence electrons. The molecule has 2 heterocycles. The van der Waals surface area contributed by atoms with Gasteiger partial charge in [0.1, 0.15) is 11.3 Å². The number of nitrogens with zero attached hydrogens (tertiary/aromatic N) is 3. The normalized spacial score (nSPS) is 11.0. The summed E-state index contributed by atoms with van der Waals surface area (Å²) in [5.41, 5.74) is 0.148. The van der Waals surface area contributed by atoms with Crippen LogP contribution in [0.25, 0.3) is 0 Å². The molecule has 0 aliphatic rings. The molecular formula is C22H32N6O6. The van der Waals surface area contributed by atoms with E-state index in [4.69, 9.17) is 9.47 Å². The number of esters is 1. The molecule has 0 aliphatic carbocycles. The maximum absolute atomic E-state index is 12.7. The van der Waals surface area contributed by atoms with Gasteiger partial charge in [0.2, 0.25) is 11.7 Å². The fraction of sp³-hybridized carbons (Fsp3) is 0.500. The molecular weight excluding hydrogens is 444 g/mol. The molecule has 0 saturated heterocycles. The summed E-state index contributed by atoms with van der Waals surface area (Å²) >= 11 is 0. The highest BCUT2D eigenvalue weighted by molar-refractivity contribution is 6.04. The minimum atomic E-state index is -0.587. The topological polar surface area (TPSA) is 146 Å². The number of amides is 3. The van der Waals surface area contributed by atoms with Crippen LogP contribution in [0.2, 0.25) is 0 Å². The van der Waals surface area contributed by atoms with E-state index in [1.165, 1.54) is 16.8 Å². The van der Waals surface area contributed by atoms with Crippen molar-refractivity contribution in [3.05, 3.63) is 30.0 Å². The molecule has 0 aromatic carbocycles. The molecule has 0 spiro atoms. The van der Waals surface area contributed by atoms with Crippen LogP contribution in [-0.4, -0.2) is 56.7 Å². The number of carbonyl (C=O) groups excluding carboxylic acids is 4. The van der Waals surface area contributed by atoms with Gasteiger partial charge in [0.25, 0.3) is 5.91 Å². The van der Waals surface area contributed by atoms with Gasteiger partial charge in [0, 0.05) is 39.5 Å². The Morgan fingerprint density at radius 2 is 1.76 bits per heavy atom. The molecule has 34 heavy (non-hydrogen) atoms. The van der Waals surface area contributed by atoms with Crippen LogP contribution in [0, 0.1) is 0 Å². The Morgan fingerprint density at radius 1 is 1.06 bits per heavy atom. The summed E-state index contributed by atoms with van der Waals surface area (Å²) in [7, 11) is 3.28. The number of ether oxygens (including phenoxy) is 2. The number of anilines is 2. The second kappa shape index (κ2) is 11.3. The third-order valence-corrected chi connectivity index (χ3v) is 4.35. The summed E-state index contributed by atoms with van der Waals surface area (Å²) in [5.74, 6) is -1.04. The molecule has 12 heteroatoms. The van der Waals surface area contributed by atoms with Crippen LogP contribution in [0.1, 0.15) is 61.6 Å². The van der Waals surface area contributed by atoms with Crippen molar-refractivity contribution in [2.75, 3.05) is 23.8 Å². The number of carbonyl (C=O) groups is 4. The summed E-state index contributed by atoms with van der Waals surface area (Å²) in [6, 6.07) is 1.53. The van der Waals surface area contributed by atoms with Crippen LogP contribution in [0.3, 0.4) is 0 Å². The Hall–Kier alpha value is -3.83. The Morgan fingerprint density at radius 3 is 2.41 bits per heavy atom. The Labute approximate surface area is 198 Å². The van der Waals surface area contributed by atoms with Gasteiger partial charge in [0.05, 0.1) is 12.3 Å². The minimum absolute atomic E-state index is 0.0677. The SMILES string of the molecule is CCOC(=O)c1nc(NC(=O)c2cc(NC(=O)CCCNC(=O)OC(C)(C)C)cn2C)cn1C. The van der Waals surface area contributed by atoms with Crippen LogP contribution in [0.4, 0.5) is 16.3 Å². The van der Waals surface area contributed by atoms with E-state index in [9.17, 15) is 19.2 Å². The van der Waals surface area contributed by atoms with Crippen molar-refractivity contribution in [3.8, 4) is 0 Å². The van der Waals surface area contributed by atoms with E-state index in [-0.39, 0.29) is 36.3 Å². The number of hydrogen-bond donors (Lipinski definition) is 3. The van der Waals surface area contributed by atoms with E-state index in [0.29, 0.717) is 18.7 Å². The Balaban J connectivity index is 1.87. The summed E-state index contributed by atoms with van der Waals surface area (Å²) in [6.07, 6.45) is 3.17. The maximum Gasteiger partial charge on any atom is 0.407 e. The molecule has 12 nitrogen and oxygen atoms in total. The van der Waals surface area contributed by atoms with Crippen LogP contribution in [0.5, 0.6) is 0 Å². The van der Waals surface area contributed by atoms with Crippen molar-refractivity contribution < 1.29 is 28.7 Å². The first-order valence-corrected chi connectivity index (χ1v) is 10.8. The molecule has 0 bridgehead atoms. The van der Waals surface area contributed by atoms with Crippen LogP contribution in [-0.2, 0) is 28.4 Å². The number of aryl methyl sites for hydroxylation is 2. The minimum Gasteiger partial charge on any atom is -0.460 e. The Bertz CT molecular complexity index is 1050. The first-order chi connectivity index (χ1) is 15.9. The number of hydrogen-bond acceptors (Lipinski definition) is 7. The monoisotopic (exact) mass is 476 g/mol. The van der Waals surface area contributed by atoms with Crippen molar-refractivity contribution in [2.45, 2.75) is 46.1 Å². The summed E-state index contributed by atoms with van der Waals surface area (Å²) in [6.45, 7) is 7.51. The van der Waals surface area contributed by atoms with Crippen molar-refractivity contribution in [1.29, 1.82) is 0 Å². The standard InChI is InChI=1S/C22H32N6O6/c1-7-33-20(31)18-25-16(13-28(18)6)26-19(30)15-11-14(12-27(15)5)24-17(29)9-8-10-23-21(32)34-22(2,3)4/h11-13H,7-10H2,1-6H3,(H,23,32)(H,24,29)(H,26,30). The van der Waals surface area contributed by atoms with E-state index in [2.05, 4.69) is 20.9 Å². The zero-order chi connectivity index (χ0) is 25.5. The molecule has 0 radical (unpaired) electrons. The predicted octanol–water partition coefficient (Wildman–Crippen LogP) is 2.43. The number of rotatable bonds is 9. The molecule has 0 saturated carbocycles. The largest absolute Gasteiger partial charge is 0.460 e. The van der Waals surface area contributed by atoms with Gasteiger partial charge in [0.15, 0.2) is 5.82 Å². The molecule has 0 atom stereocenters. The highest BCUT2D eigenvalue weighted by Crippen LogP contribution is 2.16. The fourth-order valence-electron chi connectivity index (χ4n) is 2.93. The smallest absolute Gasteiger partial charge is 0.407 e. The lowest BCUT2D eigenvalue weighted by molar-refractivity contribution is -0.116. The first kappa shape index (κ1) is 26.4. The van der Waals surface area contributed by atoms with E-state index in [1.54, 1.807) is 52.6 Å². The number of imidazole rings is 1. The molecule has 3 N–H and O–H groups in total. The van der Waals surface area contributed by atoms with Gasteiger partial charge in [-0.2, -0.15) is 0 Å². The molecule has 2 aromatic heterocycles. The highest BCUT2D eigenvalue weighted by Gasteiger charge is 2.19. The van der Waals surface area contributed by atoms with E-state index < -0.39 is 23.6 Å². The number of alkyl carbamates (subject to hydrolysis) is 1. The van der Waals surface area contributed by atoms with Crippen LogP contribution < -0.4 is 16.0 Å². The van der Waals surface area contributed by atoms with Crippen molar-refractivity contribution in [3.63, 3.8) is 0 Å². The molecule has 0 unspecified atom stereocenters. The maximum atomic E-state index is 12.7. The van der Waals surface area contributed by atoms with Gasteiger partial charge in [-0.25, -0.2) is 14.6 Å². The summed E-state index contributed by atoms with van der Waals surface area (Å²) < 4.78 is 13.1. The van der Waals surface area contributed by atoms with Crippen LogP contribution in [0.15, 0.2) is 18.5 Å². The van der Waals surface area contributed by atoms with Gasteiger partial charge < -0.3 is 34.6 Å².